The number of carbonyl (C=O) groups is 2. The summed E-state index contributed by atoms with van der Waals surface area (Å²) in [5, 5.41) is 11.0. The van der Waals surface area contributed by atoms with E-state index in [0.29, 0.717) is 12.8 Å². The van der Waals surface area contributed by atoms with Crippen LogP contribution in [0.2, 0.25) is 0 Å². The quantitative estimate of drug-likeness (QED) is 0.811. The maximum absolute atomic E-state index is 12.6. The van der Waals surface area contributed by atoms with Crippen molar-refractivity contribution in [2.75, 3.05) is 0 Å². The normalized spacial score (nSPS) is 11.9. The number of carboxylic acids is 1. The van der Waals surface area contributed by atoms with E-state index >= 15 is 0 Å². The minimum Gasteiger partial charge on any atom is -0.480 e. The Morgan fingerprint density at radius 1 is 1.33 bits per heavy atom. The van der Waals surface area contributed by atoms with Crippen LogP contribution in [0.4, 0.5) is 4.39 Å². The van der Waals surface area contributed by atoms with E-state index < -0.39 is 12.0 Å². The predicted octanol–water partition coefficient (Wildman–Crippen LogP) is 1.74. The number of carbonyl (C=O) groups excluding carboxylic acids is 1. The molecule has 4 nitrogen and oxygen atoms in total. The molecule has 1 atom stereocenters. The molecule has 5 heteroatoms. The summed E-state index contributed by atoms with van der Waals surface area (Å²) in [6, 6.07) is 5.23. The molecule has 0 radical (unpaired) electrons. The van der Waals surface area contributed by atoms with Crippen molar-refractivity contribution < 1.29 is 19.1 Å². The summed E-state index contributed by atoms with van der Waals surface area (Å²) < 4.78 is 12.6. The molecule has 0 aliphatic heterocycles. The minimum absolute atomic E-state index is 0.259. The summed E-state index contributed by atoms with van der Waals surface area (Å²) in [7, 11) is 0. The van der Waals surface area contributed by atoms with Gasteiger partial charge in [0.15, 0.2) is 0 Å². The molecule has 0 bridgehead atoms. The van der Waals surface area contributed by atoms with Crippen molar-refractivity contribution >= 4 is 11.9 Å². The zero-order valence-corrected chi connectivity index (χ0v) is 10.1. The van der Waals surface area contributed by atoms with E-state index in [9.17, 15) is 14.0 Å². The van der Waals surface area contributed by atoms with Crippen molar-refractivity contribution in [3.05, 3.63) is 35.6 Å². The Kier molecular flexibility index (Phi) is 5.30. The highest BCUT2D eigenvalue weighted by Gasteiger charge is 2.13. The molecule has 0 fully saturated rings. The summed E-state index contributed by atoms with van der Waals surface area (Å²) in [6.07, 6.45) is 1.52. The second-order valence-electron chi connectivity index (χ2n) is 4.11. The van der Waals surface area contributed by atoms with E-state index in [1.54, 1.807) is 12.1 Å². The maximum atomic E-state index is 12.6. The largest absolute Gasteiger partial charge is 0.480 e. The fraction of sp³-hybridized carbons (Fsp3) is 0.385. The maximum Gasteiger partial charge on any atom is 0.325 e. The lowest BCUT2D eigenvalue weighted by Gasteiger charge is -2.08. The lowest BCUT2D eigenvalue weighted by molar-refractivity contribution is -0.141. The molecule has 1 aromatic carbocycles. The number of carboxylic acid groups (broad SMARTS) is 1. The number of benzene rings is 1. The Balaban J connectivity index is 2.27. The Labute approximate surface area is 105 Å². The van der Waals surface area contributed by atoms with Crippen molar-refractivity contribution in [1.29, 1.82) is 0 Å². The number of rotatable bonds is 6. The van der Waals surface area contributed by atoms with Gasteiger partial charge in [-0.05, 0) is 37.5 Å². The number of nitrogens with one attached hydrogen (secondary N) is 1. The summed E-state index contributed by atoms with van der Waals surface area (Å²) in [4.78, 5) is 21.9. The molecule has 1 aromatic rings. The minimum atomic E-state index is -1.05. The van der Waals surface area contributed by atoms with Gasteiger partial charge < -0.3 is 10.4 Å². The molecule has 1 unspecified atom stereocenters. The van der Waals surface area contributed by atoms with Crippen molar-refractivity contribution in [1.82, 2.24) is 5.32 Å². The van der Waals surface area contributed by atoms with E-state index in [0.717, 1.165) is 5.56 Å². The van der Waals surface area contributed by atoms with Crippen LogP contribution in [-0.2, 0) is 16.0 Å². The first-order valence-corrected chi connectivity index (χ1v) is 5.75. The molecular formula is C13H16FNO3. The first-order chi connectivity index (χ1) is 8.49. The van der Waals surface area contributed by atoms with Gasteiger partial charge in [-0.25, -0.2) is 4.39 Å². The average molecular weight is 253 g/mol. The molecule has 18 heavy (non-hydrogen) atoms. The van der Waals surface area contributed by atoms with Crippen LogP contribution in [0.25, 0.3) is 0 Å². The number of halogens is 1. The molecule has 98 valence electrons. The summed E-state index contributed by atoms with van der Waals surface area (Å²) in [6.45, 7) is 1.42. The zero-order chi connectivity index (χ0) is 13.5. The van der Waals surface area contributed by atoms with E-state index in [1.165, 1.54) is 19.1 Å². The van der Waals surface area contributed by atoms with Gasteiger partial charge in [-0.15, -0.1) is 0 Å². The zero-order valence-electron chi connectivity index (χ0n) is 10.1. The molecule has 0 heterocycles. The lowest BCUT2D eigenvalue weighted by atomic mass is 10.1. The second kappa shape index (κ2) is 6.74. The fourth-order valence-corrected chi connectivity index (χ4v) is 1.48. The number of hydrogen-bond acceptors (Lipinski definition) is 2. The van der Waals surface area contributed by atoms with Gasteiger partial charge in [0.25, 0.3) is 0 Å². The van der Waals surface area contributed by atoms with Crippen molar-refractivity contribution in [2.24, 2.45) is 0 Å². The number of aryl methyl sites for hydroxylation is 1. The van der Waals surface area contributed by atoms with E-state index in [2.05, 4.69) is 5.32 Å². The summed E-state index contributed by atoms with van der Waals surface area (Å²) in [5.41, 5.74) is 0.954. The number of hydrogen-bond donors (Lipinski definition) is 2. The van der Waals surface area contributed by atoms with Gasteiger partial charge >= 0.3 is 5.97 Å². The van der Waals surface area contributed by atoms with Crippen LogP contribution in [0.3, 0.4) is 0 Å². The smallest absolute Gasteiger partial charge is 0.325 e. The second-order valence-corrected chi connectivity index (χ2v) is 4.11. The molecule has 0 saturated heterocycles. The van der Waals surface area contributed by atoms with Gasteiger partial charge in [0.05, 0.1) is 0 Å². The first-order valence-electron chi connectivity index (χ1n) is 5.75. The van der Waals surface area contributed by atoms with Crippen LogP contribution in [0.5, 0.6) is 0 Å². The monoisotopic (exact) mass is 253 g/mol. The van der Waals surface area contributed by atoms with Crippen molar-refractivity contribution in [2.45, 2.75) is 32.2 Å². The molecule has 1 amide bonds. The molecule has 0 aromatic heterocycles. The van der Waals surface area contributed by atoms with Gasteiger partial charge in [-0.1, -0.05) is 12.1 Å². The Hall–Kier alpha value is -1.91. The van der Waals surface area contributed by atoms with Gasteiger partial charge in [0, 0.05) is 6.42 Å². The predicted molar refractivity (Wildman–Crippen MR) is 64.6 cm³/mol. The van der Waals surface area contributed by atoms with E-state index in [1.807, 2.05) is 0 Å². The van der Waals surface area contributed by atoms with E-state index in [-0.39, 0.29) is 18.1 Å². The van der Waals surface area contributed by atoms with Crippen LogP contribution in [-0.4, -0.2) is 23.0 Å². The van der Waals surface area contributed by atoms with Crippen molar-refractivity contribution in [3.63, 3.8) is 0 Å². The number of aliphatic carboxylic acids is 1. The van der Waals surface area contributed by atoms with Gasteiger partial charge in [-0.3, -0.25) is 9.59 Å². The standard InChI is InChI=1S/C13H16FNO3/c1-9(13(17)18)15-12(16)4-2-3-10-5-7-11(14)8-6-10/h5-9H,2-4H2,1H3,(H,15,16)(H,17,18). The fourth-order valence-electron chi connectivity index (χ4n) is 1.48. The highest BCUT2D eigenvalue weighted by atomic mass is 19.1. The molecule has 2 N–H and O–H groups in total. The third kappa shape index (κ3) is 4.95. The average Bonchev–Trinajstić information content (AvgIpc) is 2.31. The SMILES string of the molecule is CC(NC(=O)CCCc1ccc(F)cc1)C(=O)O. The van der Waals surface area contributed by atoms with Crippen LogP contribution < -0.4 is 5.32 Å². The Morgan fingerprint density at radius 3 is 2.50 bits per heavy atom. The molecule has 0 saturated carbocycles. The van der Waals surface area contributed by atoms with Crippen LogP contribution >= 0.6 is 0 Å². The molecule has 0 spiro atoms. The lowest BCUT2D eigenvalue weighted by Crippen LogP contribution is -2.38. The molecule has 0 aliphatic carbocycles. The number of amides is 1. The summed E-state index contributed by atoms with van der Waals surface area (Å²) in [5.74, 6) is -1.62. The highest BCUT2D eigenvalue weighted by Crippen LogP contribution is 2.06. The highest BCUT2D eigenvalue weighted by molar-refractivity contribution is 5.83. The van der Waals surface area contributed by atoms with Crippen molar-refractivity contribution in [3.8, 4) is 0 Å². The van der Waals surface area contributed by atoms with Gasteiger partial charge in [0.2, 0.25) is 5.91 Å². The van der Waals surface area contributed by atoms with Gasteiger partial charge in [-0.2, -0.15) is 0 Å². The van der Waals surface area contributed by atoms with Gasteiger partial charge in [0.1, 0.15) is 11.9 Å². The van der Waals surface area contributed by atoms with Crippen LogP contribution in [0.1, 0.15) is 25.3 Å². The Morgan fingerprint density at radius 2 is 1.94 bits per heavy atom. The Bertz CT molecular complexity index is 417. The molecule has 0 aliphatic rings. The first kappa shape index (κ1) is 14.2. The van der Waals surface area contributed by atoms with E-state index in [4.69, 9.17) is 5.11 Å². The van der Waals surface area contributed by atoms with Crippen LogP contribution in [0.15, 0.2) is 24.3 Å². The third-order valence-electron chi connectivity index (χ3n) is 2.53. The third-order valence-corrected chi connectivity index (χ3v) is 2.53. The summed E-state index contributed by atoms with van der Waals surface area (Å²) >= 11 is 0. The topological polar surface area (TPSA) is 66.4 Å². The molecular weight excluding hydrogens is 237 g/mol. The molecule has 1 rings (SSSR count). The van der Waals surface area contributed by atoms with Crippen LogP contribution in [0, 0.1) is 5.82 Å².